The van der Waals surface area contributed by atoms with Crippen molar-refractivity contribution in [3.63, 3.8) is 0 Å². The molecule has 1 aromatic rings. The SMILES string of the molecule is CC(C)(C(=O)NCC(N)C1CCN(C=O)CC1)c1ccc(F)c(Cl)c1. The number of hydrogen-bond donors (Lipinski definition) is 2. The van der Waals surface area contributed by atoms with Gasteiger partial charge in [-0.1, -0.05) is 17.7 Å². The fourth-order valence-corrected chi connectivity index (χ4v) is 3.25. The van der Waals surface area contributed by atoms with Gasteiger partial charge < -0.3 is 16.0 Å². The molecule has 0 radical (unpaired) electrons. The molecule has 1 unspecified atom stereocenters. The fraction of sp³-hybridized carbons (Fsp3) is 0.556. The summed E-state index contributed by atoms with van der Waals surface area (Å²) in [6, 6.07) is 4.14. The Morgan fingerprint density at radius 1 is 1.48 bits per heavy atom. The zero-order valence-corrected chi connectivity index (χ0v) is 15.4. The highest BCUT2D eigenvalue weighted by molar-refractivity contribution is 6.30. The van der Waals surface area contributed by atoms with Crippen LogP contribution in [0.1, 0.15) is 32.3 Å². The van der Waals surface area contributed by atoms with Crippen molar-refractivity contribution in [2.75, 3.05) is 19.6 Å². The molecular weight excluding hydrogens is 345 g/mol. The zero-order valence-electron chi connectivity index (χ0n) is 14.6. The quantitative estimate of drug-likeness (QED) is 0.754. The highest BCUT2D eigenvalue weighted by Gasteiger charge is 2.31. The predicted molar refractivity (Wildman–Crippen MR) is 95.8 cm³/mol. The number of nitrogens with zero attached hydrogens (tertiary/aromatic N) is 1. The van der Waals surface area contributed by atoms with Crippen molar-refractivity contribution < 1.29 is 14.0 Å². The smallest absolute Gasteiger partial charge is 0.230 e. The molecule has 1 atom stereocenters. The average molecular weight is 370 g/mol. The first-order valence-electron chi connectivity index (χ1n) is 8.44. The minimum Gasteiger partial charge on any atom is -0.354 e. The van der Waals surface area contributed by atoms with E-state index in [1.807, 2.05) is 0 Å². The molecule has 1 fully saturated rings. The van der Waals surface area contributed by atoms with E-state index in [0.717, 1.165) is 19.3 Å². The molecule has 25 heavy (non-hydrogen) atoms. The normalized spacial score (nSPS) is 17.2. The van der Waals surface area contributed by atoms with Crippen molar-refractivity contribution in [1.82, 2.24) is 10.2 Å². The second kappa shape index (κ2) is 8.15. The van der Waals surface area contributed by atoms with Crippen LogP contribution in [0.5, 0.6) is 0 Å². The van der Waals surface area contributed by atoms with Gasteiger partial charge in [-0.15, -0.1) is 0 Å². The van der Waals surface area contributed by atoms with E-state index < -0.39 is 11.2 Å². The largest absolute Gasteiger partial charge is 0.354 e. The molecule has 0 bridgehead atoms. The number of nitrogens with two attached hydrogens (primary N) is 1. The first kappa shape index (κ1) is 19.7. The van der Waals surface area contributed by atoms with E-state index in [9.17, 15) is 14.0 Å². The summed E-state index contributed by atoms with van der Waals surface area (Å²) in [7, 11) is 0. The Morgan fingerprint density at radius 3 is 2.68 bits per heavy atom. The third-order valence-electron chi connectivity index (χ3n) is 5.04. The molecule has 0 spiro atoms. The molecule has 1 heterocycles. The molecule has 0 saturated carbocycles. The summed E-state index contributed by atoms with van der Waals surface area (Å²) in [5, 5.41) is 2.89. The lowest BCUT2D eigenvalue weighted by molar-refractivity contribution is -0.125. The Bertz CT molecular complexity index is 631. The number of nitrogens with one attached hydrogen (secondary N) is 1. The summed E-state index contributed by atoms with van der Waals surface area (Å²) in [6.07, 6.45) is 2.54. The number of halogens is 2. The fourth-order valence-electron chi connectivity index (χ4n) is 3.07. The van der Waals surface area contributed by atoms with E-state index in [1.165, 1.54) is 12.1 Å². The number of carbonyl (C=O) groups is 2. The highest BCUT2D eigenvalue weighted by Crippen LogP contribution is 2.27. The highest BCUT2D eigenvalue weighted by atomic mass is 35.5. The van der Waals surface area contributed by atoms with Gasteiger partial charge in [0.15, 0.2) is 0 Å². The minimum atomic E-state index is -0.849. The van der Waals surface area contributed by atoms with Crippen LogP contribution in [-0.2, 0) is 15.0 Å². The maximum atomic E-state index is 13.3. The molecule has 1 aliphatic rings. The summed E-state index contributed by atoms with van der Waals surface area (Å²) in [5.74, 6) is -0.416. The van der Waals surface area contributed by atoms with Crippen LogP contribution in [0, 0.1) is 11.7 Å². The van der Waals surface area contributed by atoms with Crippen molar-refractivity contribution in [3.8, 4) is 0 Å². The molecule has 0 aliphatic carbocycles. The van der Waals surface area contributed by atoms with Gasteiger partial charge in [-0.25, -0.2) is 4.39 Å². The third-order valence-corrected chi connectivity index (χ3v) is 5.33. The van der Waals surface area contributed by atoms with Gasteiger partial charge in [-0.2, -0.15) is 0 Å². The van der Waals surface area contributed by atoms with Crippen molar-refractivity contribution in [2.24, 2.45) is 11.7 Å². The number of hydrogen-bond acceptors (Lipinski definition) is 3. The number of benzene rings is 1. The van der Waals surface area contributed by atoms with E-state index in [4.69, 9.17) is 17.3 Å². The van der Waals surface area contributed by atoms with Crippen LogP contribution in [0.25, 0.3) is 0 Å². The summed E-state index contributed by atoms with van der Waals surface area (Å²) >= 11 is 5.82. The molecular formula is C18H25ClFN3O2. The van der Waals surface area contributed by atoms with Crippen LogP contribution in [-0.4, -0.2) is 42.9 Å². The van der Waals surface area contributed by atoms with Gasteiger partial charge in [0.2, 0.25) is 12.3 Å². The van der Waals surface area contributed by atoms with Crippen LogP contribution in [0.15, 0.2) is 18.2 Å². The number of rotatable bonds is 6. The second-order valence-electron chi connectivity index (χ2n) is 7.11. The van der Waals surface area contributed by atoms with E-state index in [-0.39, 0.29) is 22.9 Å². The lowest BCUT2D eigenvalue weighted by Gasteiger charge is -2.33. The van der Waals surface area contributed by atoms with Gasteiger partial charge in [0.1, 0.15) is 5.82 Å². The number of piperidine rings is 1. The monoisotopic (exact) mass is 369 g/mol. The van der Waals surface area contributed by atoms with E-state index >= 15 is 0 Å². The molecule has 7 heteroatoms. The van der Waals surface area contributed by atoms with Gasteiger partial charge >= 0.3 is 0 Å². The topological polar surface area (TPSA) is 75.4 Å². The molecule has 138 valence electrons. The van der Waals surface area contributed by atoms with Gasteiger partial charge in [-0.3, -0.25) is 9.59 Å². The molecule has 2 rings (SSSR count). The van der Waals surface area contributed by atoms with Crippen molar-refractivity contribution >= 4 is 23.9 Å². The van der Waals surface area contributed by atoms with Crippen molar-refractivity contribution in [1.29, 1.82) is 0 Å². The Labute approximate surface area is 152 Å². The van der Waals surface area contributed by atoms with Gasteiger partial charge in [0.25, 0.3) is 0 Å². The summed E-state index contributed by atoms with van der Waals surface area (Å²) in [4.78, 5) is 25.1. The van der Waals surface area contributed by atoms with Crippen LogP contribution >= 0.6 is 11.6 Å². The van der Waals surface area contributed by atoms with Crippen molar-refractivity contribution in [3.05, 3.63) is 34.6 Å². The first-order chi connectivity index (χ1) is 11.8. The van der Waals surface area contributed by atoms with E-state index in [0.29, 0.717) is 25.2 Å². The number of amides is 2. The zero-order chi connectivity index (χ0) is 18.6. The summed E-state index contributed by atoms with van der Waals surface area (Å²) in [6.45, 7) is 5.30. The maximum Gasteiger partial charge on any atom is 0.230 e. The van der Waals surface area contributed by atoms with Gasteiger partial charge in [0.05, 0.1) is 10.4 Å². The molecule has 2 amide bonds. The Hall–Kier alpha value is -1.66. The molecule has 1 aromatic carbocycles. The molecule has 5 nitrogen and oxygen atoms in total. The van der Waals surface area contributed by atoms with E-state index in [2.05, 4.69) is 5.32 Å². The minimum absolute atomic E-state index is 0.00276. The van der Waals surface area contributed by atoms with Crippen LogP contribution in [0.3, 0.4) is 0 Å². The maximum absolute atomic E-state index is 13.3. The van der Waals surface area contributed by atoms with E-state index in [1.54, 1.807) is 24.8 Å². The van der Waals surface area contributed by atoms with Crippen LogP contribution in [0.2, 0.25) is 5.02 Å². The molecule has 1 aliphatic heterocycles. The van der Waals surface area contributed by atoms with Gasteiger partial charge in [-0.05, 0) is 50.3 Å². The van der Waals surface area contributed by atoms with Gasteiger partial charge in [0, 0.05) is 25.7 Å². The lowest BCUT2D eigenvalue weighted by atomic mass is 9.83. The number of likely N-dealkylation sites (tertiary alicyclic amines) is 1. The average Bonchev–Trinajstić information content (AvgIpc) is 2.61. The standard InChI is InChI=1S/C18H25ClFN3O2/c1-18(2,13-3-4-15(20)14(19)9-13)17(25)22-10-16(21)12-5-7-23(11-24)8-6-12/h3-4,9,11-12,16H,5-8,10,21H2,1-2H3,(H,22,25). The second-order valence-corrected chi connectivity index (χ2v) is 7.51. The lowest BCUT2D eigenvalue weighted by Crippen LogP contribution is -2.49. The summed E-state index contributed by atoms with van der Waals surface area (Å²) < 4.78 is 13.3. The first-order valence-corrected chi connectivity index (χ1v) is 8.82. The molecule has 3 N–H and O–H groups in total. The molecule has 1 saturated heterocycles. The Morgan fingerprint density at radius 2 is 2.12 bits per heavy atom. The number of carbonyl (C=O) groups excluding carboxylic acids is 2. The van der Waals surface area contributed by atoms with Crippen LogP contribution in [0.4, 0.5) is 4.39 Å². The van der Waals surface area contributed by atoms with Crippen molar-refractivity contribution in [2.45, 2.75) is 38.1 Å². The predicted octanol–water partition coefficient (Wildman–Crippen LogP) is 2.07. The molecule has 0 aromatic heterocycles. The third kappa shape index (κ3) is 4.70. The Kier molecular flexibility index (Phi) is 6.41. The Balaban J connectivity index is 1.92. The summed E-state index contributed by atoms with van der Waals surface area (Å²) in [5.41, 5.74) is 6.01. The van der Waals surface area contributed by atoms with Crippen LogP contribution < -0.4 is 11.1 Å².